The molecule has 0 spiro atoms. The van der Waals surface area contributed by atoms with E-state index in [-0.39, 0.29) is 18.0 Å². The van der Waals surface area contributed by atoms with Crippen LogP contribution in [0.1, 0.15) is 23.7 Å². The summed E-state index contributed by atoms with van der Waals surface area (Å²) in [6.45, 7) is 2.31. The molecule has 0 bridgehead atoms. The topological polar surface area (TPSA) is 113 Å². The molecule has 0 aromatic heterocycles. The number of benzene rings is 1. The van der Waals surface area contributed by atoms with Crippen molar-refractivity contribution in [2.24, 2.45) is 0 Å². The maximum absolute atomic E-state index is 12.1. The Hall–Kier alpha value is -2.64. The number of carbonyl (C=O) groups excluding carboxylic acids is 2. The highest BCUT2D eigenvalue weighted by Crippen LogP contribution is 2.26. The summed E-state index contributed by atoms with van der Waals surface area (Å²) >= 11 is 0. The number of phenols is 1. The Kier molecular flexibility index (Phi) is 5.65. The summed E-state index contributed by atoms with van der Waals surface area (Å²) in [5, 5.41) is 22.7. The first kappa shape index (κ1) is 16.4. The van der Waals surface area contributed by atoms with Crippen molar-refractivity contribution in [2.45, 2.75) is 13.3 Å². The van der Waals surface area contributed by atoms with E-state index in [4.69, 9.17) is 0 Å². The fourth-order valence-corrected chi connectivity index (χ4v) is 1.64. The van der Waals surface area contributed by atoms with Crippen molar-refractivity contribution < 1.29 is 19.6 Å². The van der Waals surface area contributed by atoms with Gasteiger partial charge < -0.3 is 15.3 Å². The van der Waals surface area contributed by atoms with Crippen LogP contribution >= 0.6 is 0 Å². The Labute approximate surface area is 121 Å². The Morgan fingerprint density at radius 1 is 1.43 bits per heavy atom. The average molecular weight is 295 g/mol. The standard InChI is InChI=1S/C13H17N3O5/c1-3-6-14-12(18)8-15(2)13(19)9-4-5-10(16(20)21)11(17)7-9/h4-5,7,17H,3,6,8H2,1-2H3,(H,14,18). The average Bonchev–Trinajstić information content (AvgIpc) is 2.43. The van der Waals surface area contributed by atoms with E-state index in [1.54, 1.807) is 0 Å². The highest BCUT2D eigenvalue weighted by atomic mass is 16.6. The monoisotopic (exact) mass is 295 g/mol. The number of hydrogen-bond acceptors (Lipinski definition) is 5. The van der Waals surface area contributed by atoms with Crippen LogP contribution in [0.3, 0.4) is 0 Å². The molecule has 21 heavy (non-hydrogen) atoms. The van der Waals surface area contributed by atoms with Crippen LogP contribution in [0.4, 0.5) is 5.69 Å². The van der Waals surface area contributed by atoms with Gasteiger partial charge in [-0.3, -0.25) is 19.7 Å². The van der Waals surface area contributed by atoms with Crippen molar-refractivity contribution in [3.63, 3.8) is 0 Å². The molecule has 0 aliphatic heterocycles. The summed E-state index contributed by atoms with van der Waals surface area (Å²) in [7, 11) is 1.44. The number of amides is 2. The number of nitro benzene ring substituents is 1. The lowest BCUT2D eigenvalue weighted by atomic mass is 10.1. The summed E-state index contributed by atoms with van der Waals surface area (Å²) in [6.07, 6.45) is 0.791. The Morgan fingerprint density at radius 3 is 2.62 bits per heavy atom. The van der Waals surface area contributed by atoms with Crippen LogP contribution in [0, 0.1) is 10.1 Å². The molecule has 8 heteroatoms. The quantitative estimate of drug-likeness (QED) is 0.598. The molecule has 1 aromatic carbocycles. The molecule has 2 amide bonds. The second-order valence-electron chi connectivity index (χ2n) is 4.47. The predicted octanol–water partition coefficient (Wildman–Crippen LogP) is 0.899. The lowest BCUT2D eigenvalue weighted by Crippen LogP contribution is -2.38. The highest BCUT2D eigenvalue weighted by molar-refractivity contribution is 5.97. The zero-order chi connectivity index (χ0) is 16.0. The van der Waals surface area contributed by atoms with Gasteiger partial charge >= 0.3 is 5.69 Å². The van der Waals surface area contributed by atoms with Crippen molar-refractivity contribution >= 4 is 17.5 Å². The Bertz CT molecular complexity index is 559. The van der Waals surface area contributed by atoms with E-state index in [0.717, 1.165) is 18.6 Å². The van der Waals surface area contributed by atoms with Gasteiger partial charge in [-0.1, -0.05) is 6.92 Å². The van der Waals surface area contributed by atoms with Crippen LogP contribution in [-0.2, 0) is 4.79 Å². The van der Waals surface area contributed by atoms with Crippen LogP contribution < -0.4 is 5.32 Å². The van der Waals surface area contributed by atoms with Gasteiger partial charge in [-0.2, -0.15) is 0 Å². The Morgan fingerprint density at radius 2 is 2.10 bits per heavy atom. The van der Waals surface area contributed by atoms with E-state index in [1.165, 1.54) is 18.0 Å². The van der Waals surface area contributed by atoms with Gasteiger partial charge in [-0.15, -0.1) is 0 Å². The smallest absolute Gasteiger partial charge is 0.310 e. The second kappa shape index (κ2) is 7.22. The molecule has 0 saturated heterocycles. The third kappa shape index (κ3) is 4.44. The number of nitrogens with zero attached hydrogens (tertiary/aromatic N) is 2. The minimum Gasteiger partial charge on any atom is -0.502 e. The summed E-state index contributed by atoms with van der Waals surface area (Å²) < 4.78 is 0. The summed E-state index contributed by atoms with van der Waals surface area (Å²) in [5.41, 5.74) is -0.404. The number of carbonyl (C=O) groups is 2. The van der Waals surface area contributed by atoms with Crippen molar-refractivity contribution in [3.05, 3.63) is 33.9 Å². The maximum Gasteiger partial charge on any atom is 0.310 e. The lowest BCUT2D eigenvalue weighted by molar-refractivity contribution is -0.385. The molecule has 2 N–H and O–H groups in total. The molecule has 0 fully saturated rings. The van der Waals surface area contributed by atoms with Gasteiger partial charge in [0, 0.05) is 25.2 Å². The van der Waals surface area contributed by atoms with Gasteiger partial charge in [0.15, 0.2) is 5.75 Å². The molecule has 0 atom stereocenters. The first-order valence-electron chi connectivity index (χ1n) is 6.36. The lowest BCUT2D eigenvalue weighted by Gasteiger charge is -2.16. The van der Waals surface area contributed by atoms with Crippen LogP contribution in [0.2, 0.25) is 0 Å². The summed E-state index contributed by atoms with van der Waals surface area (Å²) in [6, 6.07) is 3.30. The predicted molar refractivity (Wildman–Crippen MR) is 75.0 cm³/mol. The van der Waals surface area contributed by atoms with Crippen molar-refractivity contribution in [1.82, 2.24) is 10.2 Å². The first-order chi connectivity index (χ1) is 9.86. The first-order valence-corrected chi connectivity index (χ1v) is 6.36. The van der Waals surface area contributed by atoms with Gasteiger partial charge in [-0.25, -0.2) is 0 Å². The van der Waals surface area contributed by atoms with Gasteiger partial charge in [0.2, 0.25) is 5.91 Å². The van der Waals surface area contributed by atoms with Crippen LogP contribution in [-0.4, -0.2) is 46.9 Å². The minimum absolute atomic E-state index is 0.0730. The molecular weight excluding hydrogens is 278 g/mol. The molecule has 0 saturated carbocycles. The van der Waals surface area contributed by atoms with Crippen LogP contribution in [0.5, 0.6) is 5.75 Å². The van der Waals surface area contributed by atoms with E-state index in [0.29, 0.717) is 6.54 Å². The third-order valence-corrected chi connectivity index (χ3v) is 2.72. The summed E-state index contributed by atoms with van der Waals surface area (Å²) in [4.78, 5) is 34.6. The molecule has 0 aliphatic rings. The number of nitro groups is 1. The van der Waals surface area contributed by atoms with E-state index in [2.05, 4.69) is 5.32 Å². The summed E-state index contributed by atoms with van der Waals surface area (Å²) in [5.74, 6) is -1.39. The molecule has 0 radical (unpaired) electrons. The minimum atomic E-state index is -0.745. The van der Waals surface area contributed by atoms with E-state index in [1.807, 2.05) is 6.92 Å². The number of hydrogen-bond donors (Lipinski definition) is 2. The molecule has 8 nitrogen and oxygen atoms in total. The molecule has 114 valence electrons. The van der Waals surface area contributed by atoms with Gasteiger partial charge in [0.1, 0.15) is 0 Å². The highest BCUT2D eigenvalue weighted by Gasteiger charge is 2.19. The van der Waals surface area contributed by atoms with Crippen molar-refractivity contribution in [1.29, 1.82) is 0 Å². The molecule has 0 aliphatic carbocycles. The third-order valence-electron chi connectivity index (χ3n) is 2.72. The second-order valence-corrected chi connectivity index (χ2v) is 4.47. The van der Waals surface area contributed by atoms with Crippen LogP contribution in [0.25, 0.3) is 0 Å². The SMILES string of the molecule is CCCNC(=O)CN(C)C(=O)c1ccc([N+](=O)[O-])c(O)c1. The number of phenolic OH excluding ortho intramolecular Hbond substituents is 1. The van der Waals surface area contributed by atoms with Gasteiger partial charge in [-0.05, 0) is 18.6 Å². The van der Waals surface area contributed by atoms with E-state index < -0.39 is 22.3 Å². The number of likely N-dealkylation sites (N-methyl/N-ethyl adjacent to an activating group) is 1. The fourth-order valence-electron chi connectivity index (χ4n) is 1.64. The van der Waals surface area contributed by atoms with Crippen LogP contribution in [0.15, 0.2) is 18.2 Å². The zero-order valence-electron chi connectivity index (χ0n) is 11.8. The molecular formula is C13H17N3O5. The number of aromatic hydroxyl groups is 1. The molecule has 0 heterocycles. The van der Waals surface area contributed by atoms with E-state index in [9.17, 15) is 24.8 Å². The number of rotatable bonds is 6. The molecule has 1 aromatic rings. The molecule has 0 unspecified atom stereocenters. The van der Waals surface area contributed by atoms with Gasteiger partial charge in [0.05, 0.1) is 11.5 Å². The fraction of sp³-hybridized carbons (Fsp3) is 0.385. The van der Waals surface area contributed by atoms with Crippen molar-refractivity contribution in [2.75, 3.05) is 20.1 Å². The normalized spacial score (nSPS) is 10.0. The van der Waals surface area contributed by atoms with E-state index >= 15 is 0 Å². The van der Waals surface area contributed by atoms with Crippen molar-refractivity contribution in [3.8, 4) is 5.75 Å². The zero-order valence-corrected chi connectivity index (χ0v) is 11.8. The largest absolute Gasteiger partial charge is 0.502 e. The molecule has 1 rings (SSSR count). The number of nitrogens with one attached hydrogen (secondary N) is 1. The van der Waals surface area contributed by atoms with Gasteiger partial charge in [0.25, 0.3) is 5.91 Å². The maximum atomic E-state index is 12.1. The Balaban J connectivity index is 2.76.